The van der Waals surface area contributed by atoms with Crippen LogP contribution >= 0.6 is 11.8 Å². The van der Waals surface area contributed by atoms with Gasteiger partial charge in [0, 0.05) is 20.0 Å². The van der Waals surface area contributed by atoms with Crippen molar-refractivity contribution in [2.24, 2.45) is 5.92 Å². The molecule has 1 aliphatic rings. The summed E-state index contributed by atoms with van der Waals surface area (Å²) in [6, 6.07) is 3.26. The number of nitrogens with one attached hydrogen (secondary N) is 1. The Labute approximate surface area is 132 Å². The summed E-state index contributed by atoms with van der Waals surface area (Å²) in [6.45, 7) is 1.37. The van der Waals surface area contributed by atoms with Gasteiger partial charge in [-0.2, -0.15) is 0 Å². The van der Waals surface area contributed by atoms with Crippen molar-refractivity contribution >= 4 is 35.2 Å². The molecule has 1 aromatic heterocycles. The molecule has 8 heteroatoms. The number of Topliss-reactive ketones (excluding diaryl/α,β-unsaturated/α-hetero) is 1. The van der Waals surface area contributed by atoms with Gasteiger partial charge in [-0.3, -0.25) is 14.4 Å². The van der Waals surface area contributed by atoms with Crippen LogP contribution in [-0.4, -0.2) is 52.0 Å². The number of rotatable bonds is 6. The highest BCUT2D eigenvalue weighted by molar-refractivity contribution is 8.01. The van der Waals surface area contributed by atoms with Crippen LogP contribution in [0.15, 0.2) is 17.2 Å². The second-order valence-electron chi connectivity index (χ2n) is 5.36. The van der Waals surface area contributed by atoms with Crippen LogP contribution in [0.1, 0.15) is 19.8 Å². The molecule has 1 heterocycles. The highest BCUT2D eigenvalue weighted by Crippen LogP contribution is 2.30. The number of ketones is 1. The second kappa shape index (κ2) is 6.87. The Morgan fingerprint density at radius 3 is 2.41 bits per heavy atom. The lowest BCUT2D eigenvalue weighted by atomic mass is 10.3. The van der Waals surface area contributed by atoms with Crippen molar-refractivity contribution < 1.29 is 14.4 Å². The van der Waals surface area contributed by atoms with Crippen LogP contribution in [0.25, 0.3) is 0 Å². The van der Waals surface area contributed by atoms with E-state index < -0.39 is 5.25 Å². The summed E-state index contributed by atoms with van der Waals surface area (Å²) in [7, 11) is 3.20. The SMILES string of the molecule is CC(=O)C(Sc1ccc(NC(=O)C2CC2)nn1)C(=O)N(C)C. The molecule has 2 rings (SSSR count). The van der Waals surface area contributed by atoms with Crippen LogP contribution in [0.3, 0.4) is 0 Å². The third-order valence-corrected chi connectivity index (χ3v) is 4.34. The molecule has 0 bridgehead atoms. The predicted molar refractivity (Wildman–Crippen MR) is 82.4 cm³/mol. The van der Waals surface area contributed by atoms with Crippen LogP contribution in [0.4, 0.5) is 5.82 Å². The lowest BCUT2D eigenvalue weighted by Gasteiger charge is -2.17. The smallest absolute Gasteiger partial charge is 0.243 e. The van der Waals surface area contributed by atoms with Crippen molar-refractivity contribution in [3.05, 3.63) is 12.1 Å². The maximum atomic E-state index is 12.0. The van der Waals surface area contributed by atoms with E-state index in [2.05, 4.69) is 15.5 Å². The van der Waals surface area contributed by atoms with Gasteiger partial charge in [0.25, 0.3) is 0 Å². The number of hydrogen-bond acceptors (Lipinski definition) is 6. The molecule has 118 valence electrons. The minimum Gasteiger partial charge on any atom is -0.347 e. The van der Waals surface area contributed by atoms with E-state index in [0.29, 0.717) is 10.8 Å². The monoisotopic (exact) mass is 322 g/mol. The summed E-state index contributed by atoms with van der Waals surface area (Å²) in [4.78, 5) is 36.6. The van der Waals surface area contributed by atoms with Gasteiger partial charge in [0.2, 0.25) is 11.8 Å². The molecule has 1 fully saturated rings. The Morgan fingerprint density at radius 2 is 1.95 bits per heavy atom. The predicted octanol–water partition coefficient (Wildman–Crippen LogP) is 0.963. The normalized spacial score (nSPS) is 15.0. The average molecular weight is 322 g/mol. The molecule has 1 N–H and O–H groups in total. The molecular formula is C14H18N4O3S. The summed E-state index contributed by atoms with van der Waals surface area (Å²) in [6.07, 6.45) is 1.83. The Kier molecular flexibility index (Phi) is 5.12. The Bertz CT molecular complexity index is 584. The van der Waals surface area contributed by atoms with Crippen molar-refractivity contribution in [3.8, 4) is 0 Å². The molecule has 0 saturated heterocycles. The van der Waals surface area contributed by atoms with E-state index in [1.165, 1.54) is 11.8 Å². The molecular weight excluding hydrogens is 304 g/mol. The number of nitrogens with zero attached hydrogens (tertiary/aromatic N) is 3. The van der Waals surface area contributed by atoms with E-state index in [1.54, 1.807) is 26.2 Å². The zero-order valence-corrected chi connectivity index (χ0v) is 13.5. The van der Waals surface area contributed by atoms with Crippen LogP contribution < -0.4 is 5.32 Å². The standard InChI is InChI=1S/C14H18N4O3S/c1-8(19)12(14(21)18(2)3)22-11-7-6-10(16-17-11)15-13(20)9-4-5-9/h6-7,9,12H,4-5H2,1-3H3,(H,15,16,20). The molecule has 0 radical (unpaired) electrons. The summed E-state index contributed by atoms with van der Waals surface area (Å²) < 4.78 is 0. The molecule has 1 atom stereocenters. The zero-order valence-electron chi connectivity index (χ0n) is 12.7. The van der Waals surface area contributed by atoms with Crippen molar-refractivity contribution in [2.75, 3.05) is 19.4 Å². The number of carbonyl (C=O) groups excluding carboxylic acids is 3. The molecule has 0 aromatic carbocycles. The Hall–Kier alpha value is -1.96. The van der Waals surface area contributed by atoms with Gasteiger partial charge in [-0.25, -0.2) is 0 Å². The van der Waals surface area contributed by atoms with Crippen molar-refractivity contribution in [3.63, 3.8) is 0 Å². The first-order chi connectivity index (χ1) is 10.4. The molecule has 1 saturated carbocycles. The molecule has 1 aromatic rings. The fraction of sp³-hybridized carbons (Fsp3) is 0.500. The number of aromatic nitrogens is 2. The Balaban J connectivity index is 2.00. The van der Waals surface area contributed by atoms with Crippen molar-refractivity contribution in [1.29, 1.82) is 0 Å². The maximum Gasteiger partial charge on any atom is 0.243 e. The summed E-state index contributed by atoms with van der Waals surface area (Å²) in [5, 5.41) is 10.2. The number of hydrogen-bond donors (Lipinski definition) is 1. The summed E-state index contributed by atoms with van der Waals surface area (Å²) in [5.41, 5.74) is 0. The van der Waals surface area contributed by atoms with E-state index in [1.807, 2.05) is 0 Å². The third kappa shape index (κ3) is 4.27. The largest absolute Gasteiger partial charge is 0.347 e. The maximum absolute atomic E-state index is 12.0. The van der Waals surface area contributed by atoms with E-state index in [9.17, 15) is 14.4 Å². The first-order valence-electron chi connectivity index (χ1n) is 6.91. The van der Waals surface area contributed by atoms with Crippen LogP contribution in [-0.2, 0) is 14.4 Å². The van der Waals surface area contributed by atoms with Crippen molar-refractivity contribution in [1.82, 2.24) is 15.1 Å². The van der Waals surface area contributed by atoms with Gasteiger partial charge in [-0.1, -0.05) is 11.8 Å². The molecule has 0 spiro atoms. The first kappa shape index (κ1) is 16.4. The summed E-state index contributed by atoms with van der Waals surface area (Å²) >= 11 is 1.05. The van der Waals surface area contributed by atoms with Gasteiger partial charge in [0.15, 0.2) is 11.6 Å². The fourth-order valence-corrected chi connectivity index (χ4v) is 2.64. The number of anilines is 1. The van der Waals surface area contributed by atoms with E-state index in [0.717, 1.165) is 24.6 Å². The molecule has 2 amide bonds. The third-order valence-electron chi connectivity index (χ3n) is 3.11. The van der Waals surface area contributed by atoms with Crippen LogP contribution in [0.2, 0.25) is 0 Å². The minimum atomic E-state index is -0.837. The highest BCUT2D eigenvalue weighted by atomic mass is 32.2. The molecule has 22 heavy (non-hydrogen) atoms. The van der Waals surface area contributed by atoms with Gasteiger partial charge in [0.05, 0.1) is 0 Å². The van der Waals surface area contributed by atoms with Gasteiger partial charge in [-0.15, -0.1) is 10.2 Å². The van der Waals surface area contributed by atoms with Crippen LogP contribution in [0.5, 0.6) is 0 Å². The molecule has 1 aliphatic carbocycles. The van der Waals surface area contributed by atoms with Crippen molar-refractivity contribution in [2.45, 2.75) is 30.0 Å². The van der Waals surface area contributed by atoms with E-state index in [-0.39, 0.29) is 23.5 Å². The van der Waals surface area contributed by atoms with E-state index >= 15 is 0 Å². The number of carbonyl (C=O) groups is 3. The first-order valence-corrected chi connectivity index (χ1v) is 7.79. The quantitative estimate of drug-likeness (QED) is 0.619. The molecule has 0 aliphatic heterocycles. The number of amides is 2. The van der Waals surface area contributed by atoms with Gasteiger partial charge in [-0.05, 0) is 31.9 Å². The summed E-state index contributed by atoms with van der Waals surface area (Å²) in [5.74, 6) is -0.101. The van der Waals surface area contributed by atoms with Gasteiger partial charge < -0.3 is 10.2 Å². The highest BCUT2D eigenvalue weighted by Gasteiger charge is 2.30. The topological polar surface area (TPSA) is 92.3 Å². The zero-order chi connectivity index (χ0) is 16.3. The molecule has 1 unspecified atom stereocenters. The van der Waals surface area contributed by atoms with E-state index in [4.69, 9.17) is 0 Å². The second-order valence-corrected chi connectivity index (χ2v) is 6.49. The minimum absolute atomic E-state index is 0.0425. The van der Waals surface area contributed by atoms with Gasteiger partial charge >= 0.3 is 0 Å². The average Bonchev–Trinajstić information content (AvgIpc) is 3.29. The number of thioether (sulfide) groups is 1. The van der Waals surface area contributed by atoms with Gasteiger partial charge in [0.1, 0.15) is 10.3 Å². The molecule has 7 nitrogen and oxygen atoms in total. The fourth-order valence-electron chi connectivity index (χ4n) is 1.69. The van der Waals surface area contributed by atoms with Crippen LogP contribution in [0, 0.1) is 5.92 Å². The Morgan fingerprint density at radius 1 is 1.27 bits per heavy atom. The lowest BCUT2D eigenvalue weighted by Crippen LogP contribution is -2.36. The lowest BCUT2D eigenvalue weighted by molar-refractivity contribution is -0.132.